The zero-order valence-corrected chi connectivity index (χ0v) is 12.4. The summed E-state index contributed by atoms with van der Waals surface area (Å²) in [5.74, 6) is 0.776. The Morgan fingerprint density at radius 3 is 2.44 bits per heavy atom. The number of thioether (sulfide) groups is 1. The summed E-state index contributed by atoms with van der Waals surface area (Å²) >= 11 is 1.61. The summed E-state index contributed by atoms with van der Waals surface area (Å²) in [6.45, 7) is 4.16. The molecule has 0 aromatic heterocycles. The molecule has 6 heteroatoms. The van der Waals surface area contributed by atoms with E-state index in [0.29, 0.717) is 11.4 Å². The molecule has 0 fully saturated rings. The fraction of sp³-hybridized carbons (Fsp3) is 0.500. The van der Waals surface area contributed by atoms with Crippen molar-refractivity contribution in [3.8, 4) is 0 Å². The van der Waals surface area contributed by atoms with Crippen LogP contribution in [0, 0.1) is 0 Å². The first kappa shape index (κ1) is 15.5. The minimum absolute atomic E-state index is 0.323. The van der Waals surface area contributed by atoms with E-state index in [0.717, 1.165) is 24.4 Å². The highest BCUT2D eigenvalue weighted by molar-refractivity contribution is 7.98. The van der Waals surface area contributed by atoms with Gasteiger partial charge in [-0.3, -0.25) is 0 Å². The van der Waals surface area contributed by atoms with Gasteiger partial charge in [0.05, 0.1) is 4.90 Å². The number of benzene rings is 1. The second-order valence-corrected chi connectivity index (χ2v) is 6.57. The van der Waals surface area contributed by atoms with Crippen molar-refractivity contribution in [3.05, 3.63) is 29.8 Å². The van der Waals surface area contributed by atoms with E-state index in [1.807, 2.05) is 25.3 Å². The van der Waals surface area contributed by atoms with E-state index in [-0.39, 0.29) is 0 Å². The van der Waals surface area contributed by atoms with Crippen molar-refractivity contribution < 1.29 is 8.42 Å². The maximum atomic E-state index is 11.9. The summed E-state index contributed by atoms with van der Waals surface area (Å²) in [6.07, 6.45) is 1.95. The average Bonchev–Trinajstić information content (AvgIpc) is 2.37. The van der Waals surface area contributed by atoms with Gasteiger partial charge in [-0.25, -0.2) is 13.1 Å². The number of sulfonamides is 1. The number of nitrogens with one attached hydrogen (secondary N) is 2. The highest BCUT2D eigenvalue weighted by Gasteiger charge is 2.12. The number of hydrogen-bond donors (Lipinski definition) is 2. The van der Waals surface area contributed by atoms with Crippen molar-refractivity contribution in [1.82, 2.24) is 10.0 Å². The zero-order chi connectivity index (χ0) is 13.4. The van der Waals surface area contributed by atoms with Gasteiger partial charge in [-0.05, 0) is 30.5 Å². The first-order valence-electron chi connectivity index (χ1n) is 5.88. The predicted molar refractivity (Wildman–Crippen MR) is 77.4 cm³/mol. The molecule has 0 amide bonds. The molecular weight excluding hydrogens is 268 g/mol. The van der Waals surface area contributed by atoms with Gasteiger partial charge in [-0.15, -0.1) is 0 Å². The summed E-state index contributed by atoms with van der Waals surface area (Å²) in [7, 11) is -3.35. The smallest absolute Gasteiger partial charge is 0.240 e. The number of rotatable bonds is 8. The summed E-state index contributed by atoms with van der Waals surface area (Å²) < 4.78 is 26.4. The molecule has 4 nitrogen and oxygen atoms in total. The molecule has 0 aliphatic carbocycles. The molecule has 2 N–H and O–H groups in total. The molecule has 1 rings (SSSR count). The molecule has 0 unspecified atom stereocenters. The average molecular weight is 288 g/mol. The van der Waals surface area contributed by atoms with Gasteiger partial charge in [0.25, 0.3) is 0 Å². The molecule has 0 aliphatic heterocycles. The van der Waals surface area contributed by atoms with Crippen molar-refractivity contribution in [2.75, 3.05) is 25.1 Å². The summed E-state index contributed by atoms with van der Waals surface area (Å²) in [6, 6.07) is 6.97. The third-order valence-electron chi connectivity index (χ3n) is 2.41. The topological polar surface area (TPSA) is 58.2 Å². The Hall–Kier alpha value is -0.560. The van der Waals surface area contributed by atoms with E-state index in [2.05, 4.69) is 10.0 Å². The molecule has 0 radical (unpaired) electrons. The van der Waals surface area contributed by atoms with Crippen LogP contribution in [0.4, 0.5) is 0 Å². The van der Waals surface area contributed by atoms with Crippen LogP contribution in [0.5, 0.6) is 0 Å². The van der Waals surface area contributed by atoms with E-state index in [4.69, 9.17) is 0 Å². The highest BCUT2D eigenvalue weighted by atomic mass is 32.2. The Morgan fingerprint density at radius 1 is 1.22 bits per heavy atom. The predicted octanol–water partition coefficient (Wildman–Crippen LogP) is 1.44. The first-order chi connectivity index (χ1) is 8.60. The molecule has 0 bridgehead atoms. The lowest BCUT2D eigenvalue weighted by atomic mass is 10.2. The largest absolute Gasteiger partial charge is 0.313 e. The quantitative estimate of drug-likeness (QED) is 0.711. The lowest BCUT2D eigenvalue weighted by Crippen LogP contribution is -2.26. The van der Waals surface area contributed by atoms with Crippen LogP contribution in [-0.2, 0) is 16.6 Å². The third-order valence-corrected chi connectivity index (χ3v) is 4.50. The fourth-order valence-electron chi connectivity index (χ4n) is 1.42. The molecule has 0 heterocycles. The molecular formula is C12H20N2O2S2. The normalized spacial score (nSPS) is 11.7. The van der Waals surface area contributed by atoms with Crippen molar-refractivity contribution in [2.45, 2.75) is 18.4 Å². The maximum Gasteiger partial charge on any atom is 0.240 e. The van der Waals surface area contributed by atoms with Gasteiger partial charge >= 0.3 is 0 Å². The van der Waals surface area contributed by atoms with Crippen LogP contribution in [0.15, 0.2) is 29.2 Å². The van der Waals surface area contributed by atoms with Gasteiger partial charge in [-0.2, -0.15) is 11.8 Å². The second kappa shape index (κ2) is 7.78. The van der Waals surface area contributed by atoms with Gasteiger partial charge < -0.3 is 5.32 Å². The third kappa shape index (κ3) is 4.97. The van der Waals surface area contributed by atoms with Gasteiger partial charge in [0.2, 0.25) is 10.0 Å². The van der Waals surface area contributed by atoms with Gasteiger partial charge in [0.1, 0.15) is 0 Å². The van der Waals surface area contributed by atoms with Gasteiger partial charge in [0.15, 0.2) is 0 Å². The van der Waals surface area contributed by atoms with Crippen LogP contribution in [0.1, 0.15) is 12.5 Å². The van der Waals surface area contributed by atoms with Crippen LogP contribution >= 0.6 is 11.8 Å². The Kier molecular flexibility index (Phi) is 6.70. The molecule has 0 atom stereocenters. The van der Waals surface area contributed by atoms with Crippen LogP contribution in [0.3, 0.4) is 0 Å². The van der Waals surface area contributed by atoms with Crippen LogP contribution in [0.2, 0.25) is 0 Å². The molecule has 1 aromatic rings. The van der Waals surface area contributed by atoms with E-state index in [1.54, 1.807) is 23.9 Å². The lowest BCUT2D eigenvalue weighted by molar-refractivity contribution is 0.584. The van der Waals surface area contributed by atoms with Gasteiger partial charge in [-0.1, -0.05) is 19.1 Å². The monoisotopic (exact) mass is 288 g/mol. The Balaban J connectivity index is 2.65. The van der Waals surface area contributed by atoms with E-state index < -0.39 is 10.0 Å². The Morgan fingerprint density at radius 2 is 1.89 bits per heavy atom. The molecule has 0 saturated heterocycles. The second-order valence-electron chi connectivity index (χ2n) is 3.81. The standard InChI is InChI=1S/C12H20N2O2S2/c1-3-13-10-11-4-6-12(7-5-11)18(15,16)14-8-9-17-2/h4-7,13-14H,3,8-10H2,1-2H3. The molecule has 18 heavy (non-hydrogen) atoms. The zero-order valence-electron chi connectivity index (χ0n) is 10.8. The molecule has 0 spiro atoms. The van der Waals surface area contributed by atoms with Crippen molar-refractivity contribution >= 4 is 21.8 Å². The van der Waals surface area contributed by atoms with Crippen molar-refractivity contribution in [2.24, 2.45) is 0 Å². The fourth-order valence-corrected chi connectivity index (χ4v) is 2.88. The Bertz CT molecular complexity index is 444. The summed E-state index contributed by atoms with van der Waals surface area (Å²) in [4.78, 5) is 0.323. The maximum absolute atomic E-state index is 11.9. The van der Waals surface area contributed by atoms with Crippen LogP contribution in [0.25, 0.3) is 0 Å². The minimum Gasteiger partial charge on any atom is -0.313 e. The van der Waals surface area contributed by atoms with E-state index in [1.165, 1.54) is 0 Å². The van der Waals surface area contributed by atoms with Crippen molar-refractivity contribution in [3.63, 3.8) is 0 Å². The highest BCUT2D eigenvalue weighted by Crippen LogP contribution is 2.10. The molecule has 1 aromatic carbocycles. The molecule has 0 aliphatic rings. The van der Waals surface area contributed by atoms with Crippen molar-refractivity contribution in [1.29, 1.82) is 0 Å². The van der Waals surface area contributed by atoms with E-state index >= 15 is 0 Å². The molecule has 102 valence electrons. The SMILES string of the molecule is CCNCc1ccc(S(=O)(=O)NCCSC)cc1. The van der Waals surface area contributed by atoms with Gasteiger partial charge in [0, 0.05) is 18.8 Å². The molecule has 0 saturated carbocycles. The van der Waals surface area contributed by atoms with Crippen LogP contribution < -0.4 is 10.0 Å². The lowest BCUT2D eigenvalue weighted by Gasteiger charge is -2.07. The minimum atomic E-state index is -3.35. The van der Waals surface area contributed by atoms with Crippen LogP contribution in [-0.4, -0.2) is 33.5 Å². The summed E-state index contributed by atoms with van der Waals surface area (Å²) in [5.41, 5.74) is 1.08. The van der Waals surface area contributed by atoms with E-state index in [9.17, 15) is 8.42 Å². The Labute approximate surface area is 114 Å². The summed E-state index contributed by atoms with van der Waals surface area (Å²) in [5, 5.41) is 3.20. The number of hydrogen-bond acceptors (Lipinski definition) is 4. The first-order valence-corrected chi connectivity index (χ1v) is 8.76.